The van der Waals surface area contributed by atoms with Crippen LogP contribution in [0.3, 0.4) is 0 Å². The summed E-state index contributed by atoms with van der Waals surface area (Å²) < 4.78 is 0. The van der Waals surface area contributed by atoms with Crippen LogP contribution < -0.4 is 4.90 Å². The molecule has 0 radical (unpaired) electrons. The van der Waals surface area contributed by atoms with E-state index in [0.29, 0.717) is 0 Å². The lowest BCUT2D eigenvalue weighted by Gasteiger charge is -2.19. The van der Waals surface area contributed by atoms with E-state index in [4.69, 9.17) is 0 Å². The van der Waals surface area contributed by atoms with E-state index in [9.17, 15) is 0 Å². The third-order valence-corrected chi connectivity index (χ3v) is 5.20. The minimum absolute atomic E-state index is 1.000. The van der Waals surface area contributed by atoms with Gasteiger partial charge in [-0.2, -0.15) is 0 Å². The molecule has 1 aromatic carbocycles. The third kappa shape index (κ3) is 1.58. The third-order valence-electron chi connectivity index (χ3n) is 4.09. The number of para-hydroxylation sites is 1. The summed E-state index contributed by atoms with van der Waals surface area (Å²) >= 11 is 1.76. The molecule has 0 spiro atoms. The van der Waals surface area contributed by atoms with Crippen LogP contribution in [-0.4, -0.2) is 16.5 Å². The summed E-state index contributed by atoms with van der Waals surface area (Å²) in [5, 5.41) is 1.21. The fourth-order valence-corrected chi connectivity index (χ4v) is 3.92. The Morgan fingerprint density at radius 3 is 2.90 bits per heavy atom. The Balaban J connectivity index is 1.96. The molecule has 0 bridgehead atoms. The first-order chi connectivity index (χ1) is 9.75. The van der Waals surface area contributed by atoms with Gasteiger partial charge in [0, 0.05) is 17.1 Å². The predicted octanol–water partition coefficient (Wildman–Crippen LogP) is 4.00. The maximum absolute atomic E-state index is 4.58. The van der Waals surface area contributed by atoms with Gasteiger partial charge in [0.15, 0.2) is 0 Å². The molecule has 3 nitrogen and oxygen atoms in total. The zero-order valence-corrected chi connectivity index (χ0v) is 12.4. The first-order valence-corrected chi connectivity index (χ1v) is 7.63. The highest BCUT2D eigenvalue weighted by Gasteiger charge is 2.24. The maximum atomic E-state index is 4.58. The normalized spacial score (nSPS) is 14.0. The highest BCUT2D eigenvalue weighted by molar-refractivity contribution is 7.18. The number of fused-ring (bicyclic) bond motifs is 2. The van der Waals surface area contributed by atoms with Gasteiger partial charge in [-0.1, -0.05) is 18.2 Å². The summed E-state index contributed by atoms with van der Waals surface area (Å²) in [6.07, 6.45) is 2.78. The van der Waals surface area contributed by atoms with Gasteiger partial charge in [0.2, 0.25) is 0 Å². The van der Waals surface area contributed by atoms with Gasteiger partial charge >= 0.3 is 0 Å². The van der Waals surface area contributed by atoms with E-state index in [1.54, 1.807) is 17.7 Å². The van der Waals surface area contributed by atoms with Gasteiger partial charge in [0.05, 0.1) is 5.39 Å². The molecule has 0 atom stereocenters. The predicted molar refractivity (Wildman–Crippen MR) is 84.0 cm³/mol. The van der Waals surface area contributed by atoms with Crippen molar-refractivity contribution in [2.24, 2.45) is 0 Å². The molecule has 0 aliphatic carbocycles. The van der Waals surface area contributed by atoms with E-state index in [2.05, 4.69) is 53.0 Å². The number of aromatic nitrogens is 2. The molecule has 0 saturated heterocycles. The molecule has 3 aromatic rings. The fourth-order valence-electron chi connectivity index (χ4n) is 2.93. The number of nitrogens with zero attached hydrogens (tertiary/aromatic N) is 3. The Kier molecular flexibility index (Phi) is 2.54. The Bertz CT molecular complexity index is 807. The Hall–Kier alpha value is -1.94. The number of anilines is 2. The Morgan fingerprint density at radius 2 is 2.00 bits per heavy atom. The van der Waals surface area contributed by atoms with Crippen LogP contribution in [0, 0.1) is 13.8 Å². The van der Waals surface area contributed by atoms with Crippen molar-refractivity contribution in [2.75, 3.05) is 11.4 Å². The van der Waals surface area contributed by atoms with Crippen molar-refractivity contribution in [3.8, 4) is 0 Å². The van der Waals surface area contributed by atoms with Crippen LogP contribution in [0.5, 0.6) is 0 Å². The number of hydrogen-bond acceptors (Lipinski definition) is 4. The number of rotatable bonds is 1. The average Bonchev–Trinajstić information content (AvgIpc) is 3.01. The second kappa shape index (κ2) is 4.28. The molecule has 1 aliphatic rings. The van der Waals surface area contributed by atoms with Crippen LogP contribution in [0.2, 0.25) is 0 Å². The van der Waals surface area contributed by atoms with E-state index < -0.39 is 0 Å². The summed E-state index contributed by atoms with van der Waals surface area (Å²) in [4.78, 5) is 13.8. The van der Waals surface area contributed by atoms with Crippen molar-refractivity contribution in [2.45, 2.75) is 20.3 Å². The van der Waals surface area contributed by atoms with Crippen molar-refractivity contribution in [1.82, 2.24) is 9.97 Å². The molecular formula is C16H15N3S. The molecular weight excluding hydrogens is 266 g/mol. The van der Waals surface area contributed by atoms with Gasteiger partial charge in [-0.05, 0) is 37.5 Å². The molecule has 4 heteroatoms. The molecule has 20 heavy (non-hydrogen) atoms. The van der Waals surface area contributed by atoms with Crippen molar-refractivity contribution < 1.29 is 0 Å². The standard InChI is InChI=1S/C16H15N3S/c1-10-11(2)20-16-14(10)15(17-9-18-16)19-8-7-12-5-3-4-6-13(12)19/h3-6,9H,7-8H2,1-2H3. The van der Waals surface area contributed by atoms with Crippen molar-refractivity contribution in [3.05, 3.63) is 46.6 Å². The van der Waals surface area contributed by atoms with Gasteiger partial charge in [0.25, 0.3) is 0 Å². The van der Waals surface area contributed by atoms with Crippen LogP contribution in [-0.2, 0) is 6.42 Å². The van der Waals surface area contributed by atoms with E-state index >= 15 is 0 Å². The Morgan fingerprint density at radius 1 is 1.15 bits per heavy atom. The number of hydrogen-bond donors (Lipinski definition) is 0. The zero-order chi connectivity index (χ0) is 13.7. The van der Waals surface area contributed by atoms with E-state index in [1.807, 2.05) is 0 Å². The molecule has 2 aromatic heterocycles. The van der Waals surface area contributed by atoms with E-state index in [-0.39, 0.29) is 0 Å². The first-order valence-electron chi connectivity index (χ1n) is 6.82. The zero-order valence-electron chi connectivity index (χ0n) is 11.6. The number of aryl methyl sites for hydroxylation is 2. The van der Waals surface area contributed by atoms with Gasteiger partial charge in [-0.25, -0.2) is 9.97 Å². The van der Waals surface area contributed by atoms with Gasteiger partial charge in [-0.15, -0.1) is 11.3 Å². The van der Waals surface area contributed by atoms with Crippen LogP contribution in [0.4, 0.5) is 11.5 Å². The van der Waals surface area contributed by atoms with Crippen LogP contribution in [0.25, 0.3) is 10.2 Å². The Labute approximate surface area is 121 Å². The maximum Gasteiger partial charge on any atom is 0.145 e. The topological polar surface area (TPSA) is 29.0 Å². The molecule has 0 fully saturated rings. The molecule has 0 amide bonds. The lowest BCUT2D eigenvalue weighted by atomic mass is 10.1. The molecule has 0 unspecified atom stereocenters. The summed E-state index contributed by atoms with van der Waals surface area (Å²) in [5.41, 5.74) is 4.00. The second-order valence-electron chi connectivity index (χ2n) is 5.19. The summed E-state index contributed by atoms with van der Waals surface area (Å²) in [6, 6.07) is 8.60. The summed E-state index contributed by atoms with van der Waals surface area (Å²) in [6.45, 7) is 5.33. The number of thiophene rings is 1. The van der Waals surface area contributed by atoms with E-state index in [0.717, 1.165) is 23.6 Å². The van der Waals surface area contributed by atoms with E-state index in [1.165, 1.54) is 27.1 Å². The largest absolute Gasteiger partial charge is 0.325 e. The average molecular weight is 281 g/mol. The lowest BCUT2D eigenvalue weighted by molar-refractivity contribution is 0.975. The van der Waals surface area contributed by atoms with Crippen molar-refractivity contribution >= 4 is 33.1 Å². The molecule has 1 aliphatic heterocycles. The molecule has 0 N–H and O–H groups in total. The van der Waals surface area contributed by atoms with Gasteiger partial charge in [0.1, 0.15) is 17.0 Å². The monoisotopic (exact) mass is 281 g/mol. The highest BCUT2D eigenvalue weighted by Crippen LogP contribution is 2.40. The lowest BCUT2D eigenvalue weighted by Crippen LogP contribution is -2.15. The van der Waals surface area contributed by atoms with Crippen molar-refractivity contribution in [3.63, 3.8) is 0 Å². The van der Waals surface area contributed by atoms with Crippen LogP contribution >= 0.6 is 11.3 Å². The fraction of sp³-hybridized carbons (Fsp3) is 0.250. The minimum atomic E-state index is 1.000. The smallest absolute Gasteiger partial charge is 0.145 e. The minimum Gasteiger partial charge on any atom is -0.325 e. The highest BCUT2D eigenvalue weighted by atomic mass is 32.1. The number of benzene rings is 1. The van der Waals surface area contributed by atoms with Crippen molar-refractivity contribution in [1.29, 1.82) is 0 Å². The summed E-state index contributed by atoms with van der Waals surface area (Å²) in [7, 11) is 0. The molecule has 4 rings (SSSR count). The quantitative estimate of drug-likeness (QED) is 0.675. The second-order valence-corrected chi connectivity index (χ2v) is 6.39. The van der Waals surface area contributed by atoms with Gasteiger partial charge in [-0.3, -0.25) is 0 Å². The molecule has 0 saturated carbocycles. The van der Waals surface area contributed by atoms with Crippen LogP contribution in [0.15, 0.2) is 30.6 Å². The van der Waals surface area contributed by atoms with Crippen LogP contribution in [0.1, 0.15) is 16.0 Å². The summed E-state index contributed by atoms with van der Waals surface area (Å²) in [5.74, 6) is 1.06. The first kappa shape index (κ1) is 11.9. The molecule has 3 heterocycles. The van der Waals surface area contributed by atoms with Gasteiger partial charge < -0.3 is 4.90 Å². The SMILES string of the molecule is Cc1sc2ncnc(N3CCc4ccccc43)c2c1C. The molecule has 100 valence electrons.